The Bertz CT molecular complexity index is 467. The average molecular weight is 232 g/mol. The molecule has 2 rings (SSSR count). The van der Waals surface area contributed by atoms with E-state index in [4.69, 9.17) is 0 Å². The van der Waals surface area contributed by atoms with Gasteiger partial charge in [-0.25, -0.2) is 0 Å². The Labute approximate surface area is 100 Å². The first-order valence-corrected chi connectivity index (χ1v) is 6.86. The maximum Gasteiger partial charge on any atom is 0.0798 e. The molecule has 0 saturated heterocycles. The predicted octanol–water partition coefficient (Wildman–Crippen LogP) is 3.63. The summed E-state index contributed by atoms with van der Waals surface area (Å²) in [6.45, 7) is 0. The molecule has 0 aliphatic rings. The molecule has 0 saturated carbocycles. The monoisotopic (exact) mass is 232 g/mol. The molecule has 0 aromatic heterocycles. The molecule has 2 aromatic carbocycles. The van der Waals surface area contributed by atoms with Crippen molar-refractivity contribution in [2.24, 2.45) is 0 Å². The third-order valence-corrected chi connectivity index (χ3v) is 3.40. The Morgan fingerprint density at radius 2 is 1.88 bits per heavy atom. The van der Waals surface area contributed by atoms with Crippen LogP contribution in [-0.2, 0) is 0 Å². The van der Waals surface area contributed by atoms with Crippen LogP contribution in [0.25, 0.3) is 10.8 Å². The maximum atomic E-state index is 10.00. The smallest absolute Gasteiger partial charge is 0.0798 e. The van der Waals surface area contributed by atoms with Crippen molar-refractivity contribution in [2.75, 3.05) is 12.0 Å². The average Bonchev–Trinajstić information content (AvgIpc) is 2.35. The van der Waals surface area contributed by atoms with E-state index >= 15 is 0 Å². The molecule has 1 nitrogen and oxygen atoms in total. The number of aliphatic hydroxyl groups is 1. The van der Waals surface area contributed by atoms with Crippen LogP contribution in [-0.4, -0.2) is 17.1 Å². The minimum absolute atomic E-state index is 0.336. The van der Waals surface area contributed by atoms with Crippen molar-refractivity contribution in [1.82, 2.24) is 0 Å². The summed E-state index contributed by atoms with van der Waals surface area (Å²) in [5.74, 6) is 0.994. The summed E-state index contributed by atoms with van der Waals surface area (Å²) in [6, 6.07) is 14.4. The van der Waals surface area contributed by atoms with Gasteiger partial charge in [0.05, 0.1) is 6.10 Å². The number of hydrogen-bond donors (Lipinski definition) is 1. The molecule has 0 heterocycles. The van der Waals surface area contributed by atoms with E-state index in [1.807, 2.05) is 18.2 Å². The molecule has 0 bridgehead atoms. The van der Waals surface area contributed by atoms with Crippen LogP contribution < -0.4 is 0 Å². The zero-order valence-corrected chi connectivity index (χ0v) is 10.2. The highest BCUT2D eigenvalue weighted by molar-refractivity contribution is 7.98. The lowest BCUT2D eigenvalue weighted by atomic mass is 10.0. The van der Waals surface area contributed by atoms with Crippen molar-refractivity contribution < 1.29 is 5.11 Å². The van der Waals surface area contributed by atoms with E-state index in [0.29, 0.717) is 0 Å². The van der Waals surface area contributed by atoms with E-state index < -0.39 is 0 Å². The minimum Gasteiger partial charge on any atom is -0.388 e. The third kappa shape index (κ3) is 2.57. The van der Waals surface area contributed by atoms with Crippen LogP contribution in [0.2, 0.25) is 0 Å². The maximum absolute atomic E-state index is 10.00. The second-order valence-electron chi connectivity index (χ2n) is 3.90. The first-order chi connectivity index (χ1) is 7.81. The first-order valence-electron chi connectivity index (χ1n) is 5.47. The first kappa shape index (κ1) is 11.5. The van der Waals surface area contributed by atoms with E-state index in [-0.39, 0.29) is 6.10 Å². The van der Waals surface area contributed by atoms with Crippen molar-refractivity contribution in [2.45, 2.75) is 12.5 Å². The van der Waals surface area contributed by atoms with Gasteiger partial charge in [-0.3, -0.25) is 0 Å². The van der Waals surface area contributed by atoms with E-state index in [1.165, 1.54) is 10.8 Å². The number of hydrogen-bond acceptors (Lipinski definition) is 2. The van der Waals surface area contributed by atoms with Crippen molar-refractivity contribution in [3.63, 3.8) is 0 Å². The van der Waals surface area contributed by atoms with Crippen LogP contribution in [0.15, 0.2) is 42.5 Å². The molecule has 0 amide bonds. The van der Waals surface area contributed by atoms with Gasteiger partial charge in [0, 0.05) is 0 Å². The van der Waals surface area contributed by atoms with Crippen LogP contribution >= 0.6 is 11.8 Å². The zero-order valence-electron chi connectivity index (χ0n) is 9.39. The molecule has 1 unspecified atom stereocenters. The van der Waals surface area contributed by atoms with Crippen molar-refractivity contribution in [3.8, 4) is 0 Å². The number of aliphatic hydroxyl groups excluding tert-OH is 1. The van der Waals surface area contributed by atoms with Crippen LogP contribution in [0.5, 0.6) is 0 Å². The Morgan fingerprint density at radius 3 is 2.62 bits per heavy atom. The highest BCUT2D eigenvalue weighted by Crippen LogP contribution is 2.23. The second kappa shape index (κ2) is 5.37. The van der Waals surface area contributed by atoms with Gasteiger partial charge in [0.25, 0.3) is 0 Å². The Kier molecular flexibility index (Phi) is 3.86. The summed E-state index contributed by atoms with van der Waals surface area (Å²) < 4.78 is 0. The molecular weight excluding hydrogens is 216 g/mol. The van der Waals surface area contributed by atoms with E-state index in [1.54, 1.807) is 11.8 Å². The lowest BCUT2D eigenvalue weighted by molar-refractivity contribution is 0.175. The van der Waals surface area contributed by atoms with Crippen LogP contribution in [0.1, 0.15) is 18.1 Å². The van der Waals surface area contributed by atoms with Gasteiger partial charge in [-0.2, -0.15) is 11.8 Å². The summed E-state index contributed by atoms with van der Waals surface area (Å²) in [6.07, 6.45) is 2.55. The highest BCUT2D eigenvalue weighted by atomic mass is 32.2. The molecule has 16 heavy (non-hydrogen) atoms. The Balaban J connectivity index is 2.25. The van der Waals surface area contributed by atoms with Crippen LogP contribution in [0.4, 0.5) is 0 Å². The van der Waals surface area contributed by atoms with Crippen LogP contribution in [0, 0.1) is 0 Å². The number of rotatable bonds is 4. The van der Waals surface area contributed by atoms with Crippen molar-refractivity contribution >= 4 is 22.5 Å². The summed E-state index contributed by atoms with van der Waals surface area (Å²) >= 11 is 1.77. The number of thioether (sulfide) groups is 1. The lowest BCUT2D eigenvalue weighted by Gasteiger charge is -2.11. The second-order valence-corrected chi connectivity index (χ2v) is 4.89. The van der Waals surface area contributed by atoms with Gasteiger partial charge in [-0.15, -0.1) is 0 Å². The summed E-state index contributed by atoms with van der Waals surface area (Å²) in [7, 11) is 0. The van der Waals surface area contributed by atoms with Gasteiger partial charge in [-0.1, -0.05) is 36.4 Å². The minimum atomic E-state index is -0.336. The Morgan fingerprint density at radius 1 is 1.12 bits per heavy atom. The van der Waals surface area contributed by atoms with Crippen molar-refractivity contribution in [3.05, 3.63) is 48.0 Å². The molecule has 0 aliphatic heterocycles. The largest absolute Gasteiger partial charge is 0.388 e. The van der Waals surface area contributed by atoms with E-state index in [2.05, 4.69) is 30.5 Å². The zero-order chi connectivity index (χ0) is 11.4. The molecule has 0 spiro atoms. The van der Waals surface area contributed by atoms with E-state index in [0.717, 1.165) is 17.7 Å². The summed E-state index contributed by atoms with van der Waals surface area (Å²) in [5.41, 5.74) is 1.02. The highest BCUT2D eigenvalue weighted by Gasteiger charge is 2.07. The van der Waals surface area contributed by atoms with Crippen molar-refractivity contribution in [1.29, 1.82) is 0 Å². The molecule has 2 aromatic rings. The fourth-order valence-electron chi connectivity index (χ4n) is 1.81. The molecule has 0 fully saturated rings. The molecule has 0 radical (unpaired) electrons. The van der Waals surface area contributed by atoms with Gasteiger partial charge in [0.1, 0.15) is 0 Å². The lowest BCUT2D eigenvalue weighted by Crippen LogP contribution is -1.98. The Hall–Kier alpha value is -0.990. The molecule has 0 aliphatic carbocycles. The molecule has 2 heteroatoms. The number of fused-ring (bicyclic) bond motifs is 1. The number of benzene rings is 2. The fraction of sp³-hybridized carbons (Fsp3) is 0.286. The summed E-state index contributed by atoms with van der Waals surface area (Å²) in [5, 5.41) is 12.4. The quantitative estimate of drug-likeness (QED) is 0.868. The normalized spacial score (nSPS) is 12.9. The van der Waals surface area contributed by atoms with Gasteiger partial charge < -0.3 is 5.11 Å². The topological polar surface area (TPSA) is 20.2 Å². The van der Waals surface area contributed by atoms with Gasteiger partial charge in [0.2, 0.25) is 0 Å². The molecule has 84 valence electrons. The third-order valence-electron chi connectivity index (χ3n) is 2.75. The predicted molar refractivity (Wildman–Crippen MR) is 71.9 cm³/mol. The van der Waals surface area contributed by atoms with E-state index in [9.17, 15) is 5.11 Å². The fourth-order valence-corrected chi connectivity index (χ4v) is 2.27. The standard InChI is InChI=1S/C14H16OS/c1-16-9-8-14(15)13-7-6-11-4-2-3-5-12(11)10-13/h2-7,10,14-15H,8-9H2,1H3. The van der Waals surface area contributed by atoms with Gasteiger partial charge >= 0.3 is 0 Å². The van der Waals surface area contributed by atoms with Gasteiger partial charge in [0.15, 0.2) is 0 Å². The molecule has 1 N–H and O–H groups in total. The molecule has 1 atom stereocenters. The molecular formula is C14H16OS. The van der Waals surface area contributed by atoms with Crippen LogP contribution in [0.3, 0.4) is 0 Å². The SMILES string of the molecule is CSCCC(O)c1ccc2ccccc2c1. The summed E-state index contributed by atoms with van der Waals surface area (Å²) in [4.78, 5) is 0. The van der Waals surface area contributed by atoms with Gasteiger partial charge in [-0.05, 0) is 40.8 Å².